The summed E-state index contributed by atoms with van der Waals surface area (Å²) in [5.74, 6) is 1.26. The molecule has 1 aliphatic heterocycles. The normalized spacial score (nSPS) is 12.5. The highest BCUT2D eigenvalue weighted by molar-refractivity contribution is 5.88. The Labute approximate surface area is 102 Å². The average molecular weight is 247 g/mol. The highest BCUT2D eigenvalue weighted by Crippen LogP contribution is 2.35. The summed E-state index contributed by atoms with van der Waals surface area (Å²) < 4.78 is 20.1. The lowest BCUT2D eigenvalue weighted by molar-refractivity contribution is 0.0589. The molecule has 3 rings (SSSR count). The van der Waals surface area contributed by atoms with Crippen molar-refractivity contribution in [3.8, 4) is 22.8 Å². The minimum absolute atomic E-state index is 0.130. The minimum Gasteiger partial charge on any atom is -0.464 e. The van der Waals surface area contributed by atoms with Crippen molar-refractivity contribution < 1.29 is 23.5 Å². The average Bonchev–Trinajstić information content (AvgIpc) is 3.05. The van der Waals surface area contributed by atoms with Crippen LogP contribution in [0.4, 0.5) is 0 Å². The fourth-order valence-electron chi connectivity index (χ4n) is 1.66. The van der Waals surface area contributed by atoms with Crippen molar-refractivity contribution >= 4 is 5.97 Å². The number of rotatable bonds is 2. The van der Waals surface area contributed by atoms with Gasteiger partial charge in [-0.3, -0.25) is 0 Å². The summed E-state index contributed by atoms with van der Waals surface area (Å²) in [5.41, 5.74) is 0.882. The number of hydrogen-bond donors (Lipinski definition) is 0. The van der Waals surface area contributed by atoms with Gasteiger partial charge in [0.15, 0.2) is 23.0 Å². The predicted octanol–water partition coefficient (Wildman–Crippen LogP) is 1.86. The van der Waals surface area contributed by atoms with Crippen LogP contribution in [-0.2, 0) is 4.74 Å². The maximum Gasteiger partial charge on any atom is 0.360 e. The molecule has 0 atom stereocenters. The highest BCUT2D eigenvalue weighted by Gasteiger charge is 2.17. The summed E-state index contributed by atoms with van der Waals surface area (Å²) in [6.45, 7) is 0.211. The molecule has 1 aliphatic rings. The number of aromatic nitrogens is 1. The molecule has 2 heterocycles. The fraction of sp³-hybridized carbons (Fsp3) is 0.167. The van der Waals surface area contributed by atoms with Gasteiger partial charge in [-0.1, -0.05) is 5.16 Å². The lowest BCUT2D eigenvalue weighted by atomic mass is 10.1. The fourth-order valence-corrected chi connectivity index (χ4v) is 1.66. The Hall–Kier alpha value is -2.50. The largest absolute Gasteiger partial charge is 0.464 e. The van der Waals surface area contributed by atoms with Gasteiger partial charge in [0.05, 0.1) is 7.11 Å². The predicted molar refractivity (Wildman–Crippen MR) is 59.4 cm³/mol. The number of hydrogen-bond acceptors (Lipinski definition) is 6. The molecule has 0 amide bonds. The van der Waals surface area contributed by atoms with Crippen LogP contribution in [0.15, 0.2) is 28.8 Å². The van der Waals surface area contributed by atoms with Gasteiger partial charge >= 0.3 is 5.97 Å². The molecule has 2 aromatic rings. The number of benzene rings is 1. The third-order valence-corrected chi connectivity index (χ3v) is 2.56. The molecule has 92 valence electrons. The topological polar surface area (TPSA) is 70.8 Å². The Morgan fingerprint density at radius 1 is 1.28 bits per heavy atom. The molecule has 0 fully saturated rings. The van der Waals surface area contributed by atoms with Gasteiger partial charge < -0.3 is 18.7 Å². The zero-order valence-corrected chi connectivity index (χ0v) is 9.50. The summed E-state index contributed by atoms with van der Waals surface area (Å²) >= 11 is 0. The van der Waals surface area contributed by atoms with E-state index in [-0.39, 0.29) is 12.5 Å². The number of fused-ring (bicyclic) bond motifs is 1. The first-order valence-electron chi connectivity index (χ1n) is 5.23. The molecule has 0 N–H and O–H groups in total. The summed E-state index contributed by atoms with van der Waals surface area (Å²) in [5, 5.41) is 3.64. The molecule has 1 aromatic heterocycles. The lowest BCUT2D eigenvalue weighted by Crippen LogP contribution is -2.00. The molecule has 0 saturated heterocycles. The quantitative estimate of drug-likeness (QED) is 0.754. The van der Waals surface area contributed by atoms with Crippen LogP contribution in [0, 0.1) is 0 Å². The second kappa shape index (κ2) is 4.06. The Morgan fingerprint density at radius 3 is 2.94 bits per heavy atom. The second-order valence-electron chi connectivity index (χ2n) is 3.64. The van der Waals surface area contributed by atoms with Crippen LogP contribution in [0.25, 0.3) is 11.3 Å². The van der Waals surface area contributed by atoms with Gasteiger partial charge in [-0.2, -0.15) is 0 Å². The van der Waals surface area contributed by atoms with Crippen LogP contribution in [0.1, 0.15) is 10.5 Å². The van der Waals surface area contributed by atoms with E-state index in [2.05, 4.69) is 9.89 Å². The number of esters is 1. The van der Waals surface area contributed by atoms with E-state index in [9.17, 15) is 4.79 Å². The number of carbonyl (C=O) groups excluding carboxylic acids is 1. The van der Waals surface area contributed by atoms with E-state index in [4.69, 9.17) is 14.0 Å². The summed E-state index contributed by atoms with van der Waals surface area (Å²) in [6.07, 6.45) is 0. The first kappa shape index (κ1) is 10.6. The molecule has 0 bridgehead atoms. The maximum absolute atomic E-state index is 11.3. The highest BCUT2D eigenvalue weighted by atomic mass is 16.7. The van der Waals surface area contributed by atoms with E-state index in [1.807, 2.05) is 0 Å². The Kier molecular flexibility index (Phi) is 2.40. The van der Waals surface area contributed by atoms with Crippen LogP contribution in [0.2, 0.25) is 0 Å². The van der Waals surface area contributed by atoms with Crippen molar-refractivity contribution in [3.05, 3.63) is 30.0 Å². The molecule has 0 aliphatic carbocycles. The van der Waals surface area contributed by atoms with Crippen molar-refractivity contribution in [3.63, 3.8) is 0 Å². The zero-order valence-electron chi connectivity index (χ0n) is 9.50. The number of methoxy groups -OCH3 is 1. The van der Waals surface area contributed by atoms with Crippen LogP contribution in [0.5, 0.6) is 11.5 Å². The Bertz CT molecular complexity index is 604. The molecule has 6 nitrogen and oxygen atoms in total. The number of nitrogens with zero attached hydrogens (tertiary/aromatic N) is 1. The van der Waals surface area contributed by atoms with Crippen LogP contribution in [0.3, 0.4) is 0 Å². The Morgan fingerprint density at radius 2 is 2.11 bits per heavy atom. The third kappa shape index (κ3) is 1.67. The molecule has 0 radical (unpaired) electrons. The van der Waals surface area contributed by atoms with E-state index in [0.717, 1.165) is 5.56 Å². The smallest absolute Gasteiger partial charge is 0.360 e. The van der Waals surface area contributed by atoms with E-state index < -0.39 is 5.97 Å². The van der Waals surface area contributed by atoms with Gasteiger partial charge in [-0.15, -0.1) is 0 Å². The first-order valence-corrected chi connectivity index (χ1v) is 5.23. The Balaban J connectivity index is 1.95. The molecule has 18 heavy (non-hydrogen) atoms. The number of carbonyl (C=O) groups is 1. The van der Waals surface area contributed by atoms with Gasteiger partial charge in [0, 0.05) is 11.6 Å². The van der Waals surface area contributed by atoms with Gasteiger partial charge in [-0.05, 0) is 18.2 Å². The SMILES string of the molecule is COC(=O)c1cc(-c2ccc3c(c2)OCO3)on1. The molecule has 0 saturated carbocycles. The summed E-state index contributed by atoms with van der Waals surface area (Å²) in [7, 11) is 1.29. The first-order chi connectivity index (χ1) is 8.78. The van der Waals surface area contributed by atoms with Crippen LogP contribution < -0.4 is 9.47 Å². The van der Waals surface area contributed by atoms with E-state index in [1.54, 1.807) is 18.2 Å². The van der Waals surface area contributed by atoms with Crippen molar-refractivity contribution in [2.75, 3.05) is 13.9 Å². The second-order valence-corrected chi connectivity index (χ2v) is 3.64. The molecular weight excluding hydrogens is 238 g/mol. The molecular formula is C12H9NO5. The maximum atomic E-state index is 11.3. The zero-order chi connectivity index (χ0) is 12.5. The van der Waals surface area contributed by atoms with Crippen molar-refractivity contribution in [2.45, 2.75) is 0 Å². The van der Waals surface area contributed by atoms with Gasteiger partial charge in [0.25, 0.3) is 0 Å². The molecule has 0 spiro atoms. The van der Waals surface area contributed by atoms with Crippen molar-refractivity contribution in [2.24, 2.45) is 0 Å². The van der Waals surface area contributed by atoms with Crippen molar-refractivity contribution in [1.29, 1.82) is 0 Å². The minimum atomic E-state index is -0.536. The summed E-state index contributed by atoms with van der Waals surface area (Å²) in [6, 6.07) is 6.86. The van der Waals surface area contributed by atoms with Gasteiger partial charge in [-0.25, -0.2) is 4.79 Å². The third-order valence-electron chi connectivity index (χ3n) is 2.56. The standard InChI is InChI=1S/C12H9NO5/c1-15-12(14)8-5-10(18-13-8)7-2-3-9-11(4-7)17-6-16-9/h2-5H,6H2,1H3. The van der Waals surface area contributed by atoms with Crippen LogP contribution in [-0.4, -0.2) is 25.0 Å². The monoisotopic (exact) mass is 247 g/mol. The van der Waals surface area contributed by atoms with Gasteiger partial charge in [0.1, 0.15) is 0 Å². The van der Waals surface area contributed by atoms with Gasteiger partial charge in [0.2, 0.25) is 6.79 Å². The van der Waals surface area contributed by atoms with E-state index in [1.165, 1.54) is 13.2 Å². The summed E-state index contributed by atoms with van der Waals surface area (Å²) in [4.78, 5) is 11.3. The lowest BCUT2D eigenvalue weighted by Gasteiger charge is -1.98. The number of ether oxygens (including phenoxy) is 3. The molecule has 0 unspecified atom stereocenters. The van der Waals surface area contributed by atoms with Crippen LogP contribution >= 0.6 is 0 Å². The van der Waals surface area contributed by atoms with E-state index in [0.29, 0.717) is 17.3 Å². The molecule has 1 aromatic carbocycles. The molecule has 6 heteroatoms. The van der Waals surface area contributed by atoms with Crippen molar-refractivity contribution in [1.82, 2.24) is 5.16 Å². The van der Waals surface area contributed by atoms with E-state index >= 15 is 0 Å².